The second-order valence-electron chi connectivity index (χ2n) is 9.93. The number of nitrogens with one attached hydrogen (secondary N) is 1. The quantitative estimate of drug-likeness (QED) is 0.259. The van der Waals surface area contributed by atoms with E-state index in [1.165, 1.54) is 6.07 Å². The van der Waals surface area contributed by atoms with Crippen LogP contribution in [0.25, 0.3) is 0 Å². The number of benzene rings is 1. The Morgan fingerprint density at radius 2 is 2.00 bits per heavy atom. The molecule has 4 aliphatic heterocycles. The standard InChI is InChI=1S/C26H39ClN4O5/c1-2-34-23-14-22(28)21(27)13-20(23)26(33)29-15-19-16-30(11-12-35-19)8-4-3-5-25(32)36-24-17-31-9-6-18(24)7-10-31/h13-14,18-19,24H,2-12,15-17,28H2,1H3,(H,29,33). The number of morpholine rings is 1. The van der Waals surface area contributed by atoms with Crippen LogP contribution in [0.2, 0.25) is 5.02 Å². The van der Waals surface area contributed by atoms with Gasteiger partial charge in [0.15, 0.2) is 0 Å². The fraction of sp³-hybridized carbons (Fsp3) is 0.692. The lowest BCUT2D eigenvalue weighted by atomic mass is 9.86. The van der Waals surface area contributed by atoms with Gasteiger partial charge in [-0.1, -0.05) is 11.6 Å². The van der Waals surface area contributed by atoms with Gasteiger partial charge in [-0.05, 0) is 64.2 Å². The number of unbranched alkanes of at least 4 members (excludes halogenated alkanes) is 1. The van der Waals surface area contributed by atoms with Gasteiger partial charge in [0.1, 0.15) is 11.9 Å². The molecule has 1 amide bonds. The molecule has 0 aromatic heterocycles. The molecule has 2 bridgehead atoms. The third-order valence-corrected chi connectivity index (χ3v) is 7.67. The summed E-state index contributed by atoms with van der Waals surface area (Å²) in [6.45, 7) is 8.91. The zero-order chi connectivity index (χ0) is 25.5. The van der Waals surface area contributed by atoms with Gasteiger partial charge in [-0.2, -0.15) is 0 Å². The molecule has 0 saturated carbocycles. The number of esters is 1. The van der Waals surface area contributed by atoms with Crippen LogP contribution >= 0.6 is 11.6 Å². The maximum Gasteiger partial charge on any atom is 0.306 e. The first-order valence-electron chi connectivity index (χ1n) is 13.2. The molecular weight excluding hydrogens is 484 g/mol. The molecule has 3 N–H and O–H groups in total. The number of anilines is 1. The number of amides is 1. The predicted molar refractivity (Wildman–Crippen MR) is 138 cm³/mol. The number of halogens is 1. The largest absolute Gasteiger partial charge is 0.493 e. The minimum atomic E-state index is -0.275. The van der Waals surface area contributed by atoms with E-state index in [9.17, 15) is 9.59 Å². The molecule has 0 aliphatic carbocycles. The van der Waals surface area contributed by atoms with Crippen molar-refractivity contribution in [2.75, 3.05) is 64.8 Å². The van der Waals surface area contributed by atoms with Crippen LogP contribution in [0.15, 0.2) is 12.1 Å². The molecule has 9 nitrogen and oxygen atoms in total. The second kappa shape index (κ2) is 12.9. The van der Waals surface area contributed by atoms with E-state index in [0.717, 1.165) is 65.0 Å². The van der Waals surface area contributed by atoms with Gasteiger partial charge in [0, 0.05) is 38.7 Å². The Kier molecular flexibility index (Phi) is 9.70. The molecule has 10 heteroatoms. The highest BCUT2D eigenvalue weighted by molar-refractivity contribution is 6.33. The maximum absolute atomic E-state index is 12.8. The molecule has 2 unspecified atom stereocenters. The van der Waals surface area contributed by atoms with E-state index in [4.69, 9.17) is 31.5 Å². The first-order valence-corrected chi connectivity index (χ1v) is 13.6. The summed E-state index contributed by atoms with van der Waals surface area (Å²) >= 11 is 6.12. The Morgan fingerprint density at radius 1 is 1.19 bits per heavy atom. The van der Waals surface area contributed by atoms with Crippen LogP contribution < -0.4 is 15.8 Å². The number of carbonyl (C=O) groups is 2. The van der Waals surface area contributed by atoms with Gasteiger partial charge in [0.25, 0.3) is 5.91 Å². The van der Waals surface area contributed by atoms with Crippen LogP contribution in [-0.4, -0.2) is 92.9 Å². The number of rotatable bonds is 11. The summed E-state index contributed by atoms with van der Waals surface area (Å²) in [5.74, 6) is 0.621. The van der Waals surface area contributed by atoms with Crippen LogP contribution in [0.5, 0.6) is 5.75 Å². The van der Waals surface area contributed by atoms with E-state index in [1.807, 2.05) is 6.92 Å². The first-order chi connectivity index (χ1) is 17.4. The second-order valence-corrected chi connectivity index (χ2v) is 10.3. The molecule has 0 radical (unpaired) electrons. The highest BCUT2D eigenvalue weighted by Crippen LogP contribution is 2.30. The van der Waals surface area contributed by atoms with E-state index < -0.39 is 0 Å². The first kappa shape index (κ1) is 27.0. The number of hydrogen-bond donors (Lipinski definition) is 2. The predicted octanol–water partition coefficient (Wildman–Crippen LogP) is 2.56. The average molecular weight is 523 g/mol. The van der Waals surface area contributed by atoms with Crippen LogP contribution in [0.1, 0.15) is 49.4 Å². The average Bonchev–Trinajstić information content (AvgIpc) is 2.88. The number of fused-ring (bicyclic) bond motifs is 3. The van der Waals surface area contributed by atoms with Crippen molar-refractivity contribution in [3.63, 3.8) is 0 Å². The molecule has 4 aliphatic rings. The molecule has 4 heterocycles. The summed E-state index contributed by atoms with van der Waals surface area (Å²) < 4.78 is 17.2. The Morgan fingerprint density at radius 3 is 2.72 bits per heavy atom. The summed E-state index contributed by atoms with van der Waals surface area (Å²) in [5, 5.41) is 3.25. The topological polar surface area (TPSA) is 106 Å². The Balaban J connectivity index is 1.15. The van der Waals surface area contributed by atoms with E-state index in [0.29, 0.717) is 54.1 Å². The minimum absolute atomic E-state index is 0.0643. The summed E-state index contributed by atoms with van der Waals surface area (Å²) in [6, 6.07) is 3.11. The Hall–Kier alpha value is -2.07. The van der Waals surface area contributed by atoms with E-state index >= 15 is 0 Å². The van der Waals surface area contributed by atoms with E-state index in [2.05, 4.69) is 15.1 Å². The molecule has 36 heavy (non-hydrogen) atoms. The SMILES string of the molecule is CCOc1cc(N)c(Cl)cc1C(=O)NCC1CN(CCCCC(=O)OC2CN3CCC2CC3)CCO1. The summed E-state index contributed by atoms with van der Waals surface area (Å²) in [7, 11) is 0. The van der Waals surface area contributed by atoms with Crippen molar-refractivity contribution in [3.05, 3.63) is 22.7 Å². The van der Waals surface area contributed by atoms with Crippen molar-refractivity contribution in [2.45, 2.75) is 51.2 Å². The lowest BCUT2D eigenvalue weighted by Crippen LogP contribution is -2.51. The van der Waals surface area contributed by atoms with Crippen molar-refractivity contribution >= 4 is 29.2 Å². The number of nitrogen functional groups attached to an aromatic ring is 1. The normalized spacial score (nSPS) is 25.9. The number of nitrogens with two attached hydrogens (primary N) is 1. The molecule has 2 atom stereocenters. The number of hydrogen-bond acceptors (Lipinski definition) is 8. The molecule has 200 valence electrons. The molecule has 5 rings (SSSR count). The fourth-order valence-corrected chi connectivity index (χ4v) is 5.47. The van der Waals surface area contributed by atoms with E-state index in [-0.39, 0.29) is 24.1 Å². The Labute approximate surface area is 218 Å². The van der Waals surface area contributed by atoms with E-state index in [1.54, 1.807) is 6.07 Å². The molecule has 1 aromatic carbocycles. The zero-order valence-corrected chi connectivity index (χ0v) is 21.9. The fourth-order valence-electron chi connectivity index (χ4n) is 5.31. The number of carbonyl (C=O) groups excluding carboxylic acids is 2. The van der Waals surface area contributed by atoms with Gasteiger partial charge < -0.3 is 25.3 Å². The third-order valence-electron chi connectivity index (χ3n) is 7.34. The van der Waals surface area contributed by atoms with Crippen molar-refractivity contribution in [1.29, 1.82) is 0 Å². The molecule has 4 fully saturated rings. The lowest BCUT2D eigenvalue weighted by Gasteiger charge is -2.43. The van der Waals surface area contributed by atoms with Gasteiger partial charge >= 0.3 is 5.97 Å². The van der Waals surface area contributed by atoms with Crippen LogP contribution in [0.3, 0.4) is 0 Å². The molecule has 4 saturated heterocycles. The highest BCUT2D eigenvalue weighted by atomic mass is 35.5. The Bertz CT molecular complexity index is 909. The molecule has 1 aromatic rings. The third kappa shape index (κ3) is 7.25. The van der Waals surface area contributed by atoms with Gasteiger partial charge in [-0.15, -0.1) is 0 Å². The van der Waals surface area contributed by atoms with Crippen molar-refractivity contribution < 1.29 is 23.8 Å². The summed E-state index contributed by atoms with van der Waals surface area (Å²) in [4.78, 5) is 29.8. The smallest absolute Gasteiger partial charge is 0.306 e. The number of piperidine rings is 3. The zero-order valence-electron chi connectivity index (χ0n) is 21.2. The number of nitrogens with zero attached hydrogens (tertiary/aromatic N) is 2. The van der Waals surface area contributed by atoms with Crippen molar-refractivity contribution in [2.24, 2.45) is 5.92 Å². The maximum atomic E-state index is 12.8. The van der Waals surface area contributed by atoms with Gasteiger partial charge in [0.2, 0.25) is 0 Å². The highest BCUT2D eigenvalue weighted by Gasteiger charge is 2.36. The lowest BCUT2D eigenvalue weighted by molar-refractivity contribution is -0.158. The minimum Gasteiger partial charge on any atom is -0.493 e. The summed E-state index contributed by atoms with van der Waals surface area (Å²) in [6.07, 6.45) is 4.50. The molecule has 0 spiro atoms. The van der Waals surface area contributed by atoms with Gasteiger partial charge in [0.05, 0.1) is 35.6 Å². The monoisotopic (exact) mass is 522 g/mol. The number of ether oxygens (including phenoxy) is 3. The summed E-state index contributed by atoms with van der Waals surface area (Å²) in [5.41, 5.74) is 6.58. The van der Waals surface area contributed by atoms with Gasteiger partial charge in [-0.25, -0.2) is 0 Å². The van der Waals surface area contributed by atoms with Gasteiger partial charge in [-0.3, -0.25) is 19.4 Å². The van der Waals surface area contributed by atoms with Crippen LogP contribution in [-0.2, 0) is 14.3 Å². The van der Waals surface area contributed by atoms with Crippen LogP contribution in [0.4, 0.5) is 5.69 Å². The van der Waals surface area contributed by atoms with Crippen molar-refractivity contribution in [3.8, 4) is 5.75 Å². The molecular formula is C26H39ClN4O5. The van der Waals surface area contributed by atoms with Crippen LogP contribution in [0, 0.1) is 5.92 Å². The van der Waals surface area contributed by atoms with Crippen molar-refractivity contribution in [1.82, 2.24) is 15.1 Å².